The van der Waals surface area contributed by atoms with Gasteiger partial charge < -0.3 is 10.1 Å². The predicted octanol–water partition coefficient (Wildman–Crippen LogP) is 3.81. The van der Waals surface area contributed by atoms with Crippen molar-refractivity contribution in [3.05, 3.63) is 34.8 Å². The number of ether oxygens (including phenoxy) is 1. The molecule has 1 amide bonds. The molecule has 0 aliphatic rings. The molecule has 0 aliphatic carbocycles. The van der Waals surface area contributed by atoms with Gasteiger partial charge in [-0.3, -0.25) is 4.79 Å². The highest BCUT2D eigenvalue weighted by molar-refractivity contribution is 7.15. The topological polar surface area (TPSA) is 64.1 Å². The standard InChI is InChI=1S/C17H23N3O2S/c1-5-17(2,3)15-19-20-16(23-15)18-14(21)11-8-12-6-9-13(22-4)10-7-12/h6-7,9-10H,5,8,11H2,1-4H3,(H,18,20,21). The summed E-state index contributed by atoms with van der Waals surface area (Å²) in [5.41, 5.74) is 1.09. The molecule has 1 aromatic carbocycles. The van der Waals surface area contributed by atoms with Crippen molar-refractivity contribution in [1.29, 1.82) is 0 Å². The maximum atomic E-state index is 12.0. The fourth-order valence-electron chi connectivity index (χ4n) is 1.93. The smallest absolute Gasteiger partial charge is 0.226 e. The Balaban J connectivity index is 1.87. The van der Waals surface area contributed by atoms with E-state index in [2.05, 4.69) is 36.3 Å². The first-order valence-electron chi connectivity index (χ1n) is 7.71. The maximum absolute atomic E-state index is 12.0. The van der Waals surface area contributed by atoms with Crippen LogP contribution in [-0.2, 0) is 16.6 Å². The number of aryl methyl sites for hydroxylation is 1. The number of nitrogens with zero attached hydrogens (tertiary/aromatic N) is 2. The Kier molecular flexibility index (Phi) is 5.71. The van der Waals surface area contributed by atoms with Crippen molar-refractivity contribution in [2.24, 2.45) is 0 Å². The summed E-state index contributed by atoms with van der Waals surface area (Å²) in [7, 11) is 1.64. The van der Waals surface area contributed by atoms with E-state index in [0.29, 0.717) is 18.0 Å². The highest BCUT2D eigenvalue weighted by Gasteiger charge is 2.23. The van der Waals surface area contributed by atoms with Gasteiger partial charge in [0.1, 0.15) is 10.8 Å². The quantitative estimate of drug-likeness (QED) is 0.837. The highest BCUT2D eigenvalue weighted by atomic mass is 32.1. The molecular formula is C17H23N3O2S. The summed E-state index contributed by atoms with van der Waals surface area (Å²) in [6, 6.07) is 7.74. The number of anilines is 1. The van der Waals surface area contributed by atoms with Crippen molar-refractivity contribution >= 4 is 22.4 Å². The summed E-state index contributed by atoms with van der Waals surface area (Å²) >= 11 is 1.45. The fourth-order valence-corrected chi connectivity index (χ4v) is 2.86. The van der Waals surface area contributed by atoms with Crippen LogP contribution in [0.3, 0.4) is 0 Å². The number of methoxy groups -OCH3 is 1. The third-order valence-electron chi connectivity index (χ3n) is 3.93. The molecule has 0 saturated heterocycles. The number of nitrogens with one attached hydrogen (secondary N) is 1. The number of benzene rings is 1. The van der Waals surface area contributed by atoms with Crippen molar-refractivity contribution in [3.8, 4) is 5.75 Å². The van der Waals surface area contributed by atoms with E-state index in [1.54, 1.807) is 7.11 Å². The van der Waals surface area contributed by atoms with Crippen molar-refractivity contribution in [2.45, 2.75) is 45.4 Å². The van der Waals surface area contributed by atoms with E-state index in [9.17, 15) is 4.79 Å². The van der Waals surface area contributed by atoms with Crippen LogP contribution in [0.5, 0.6) is 5.75 Å². The van der Waals surface area contributed by atoms with Gasteiger partial charge >= 0.3 is 0 Å². The second-order valence-corrected chi connectivity index (χ2v) is 7.02. The summed E-state index contributed by atoms with van der Waals surface area (Å²) in [5, 5.41) is 12.6. The zero-order valence-corrected chi connectivity index (χ0v) is 14.9. The molecule has 1 N–H and O–H groups in total. The predicted molar refractivity (Wildman–Crippen MR) is 93.2 cm³/mol. The number of hydrogen-bond donors (Lipinski definition) is 1. The Bertz CT molecular complexity index is 650. The van der Waals surface area contributed by atoms with Crippen LogP contribution in [0.1, 0.15) is 44.2 Å². The molecule has 0 saturated carbocycles. The minimum absolute atomic E-state index is 0.0102. The average Bonchev–Trinajstić information content (AvgIpc) is 3.02. The van der Waals surface area contributed by atoms with Gasteiger partial charge in [-0.2, -0.15) is 0 Å². The molecule has 2 rings (SSSR count). The normalized spacial score (nSPS) is 11.3. The van der Waals surface area contributed by atoms with Gasteiger partial charge in [0, 0.05) is 11.8 Å². The third-order valence-corrected chi connectivity index (χ3v) is 5.14. The molecule has 2 aromatic rings. The lowest BCUT2D eigenvalue weighted by atomic mass is 9.91. The molecule has 0 bridgehead atoms. The monoisotopic (exact) mass is 333 g/mol. The van der Waals surface area contributed by atoms with Crippen molar-refractivity contribution in [1.82, 2.24) is 10.2 Å². The van der Waals surface area contributed by atoms with E-state index in [0.717, 1.165) is 22.7 Å². The second-order valence-electron chi connectivity index (χ2n) is 6.05. The molecule has 0 atom stereocenters. The van der Waals surface area contributed by atoms with Gasteiger partial charge in [0.15, 0.2) is 0 Å². The van der Waals surface area contributed by atoms with Crippen LogP contribution in [0.2, 0.25) is 0 Å². The minimum atomic E-state index is -0.0437. The summed E-state index contributed by atoms with van der Waals surface area (Å²) < 4.78 is 5.12. The van der Waals surface area contributed by atoms with Crippen LogP contribution >= 0.6 is 11.3 Å². The van der Waals surface area contributed by atoms with Crippen LogP contribution in [0, 0.1) is 0 Å². The summed E-state index contributed by atoms with van der Waals surface area (Å²) in [6.07, 6.45) is 2.08. The number of aromatic nitrogens is 2. The van der Waals surface area contributed by atoms with E-state index in [1.807, 2.05) is 24.3 Å². The van der Waals surface area contributed by atoms with E-state index in [4.69, 9.17) is 4.74 Å². The lowest BCUT2D eigenvalue weighted by Gasteiger charge is -2.17. The summed E-state index contributed by atoms with van der Waals surface area (Å²) in [6.45, 7) is 6.38. The summed E-state index contributed by atoms with van der Waals surface area (Å²) in [5.74, 6) is 0.774. The SMILES string of the molecule is CCC(C)(C)c1nnc(NC(=O)CCc2ccc(OC)cc2)s1. The first-order chi connectivity index (χ1) is 10.9. The Labute approximate surface area is 141 Å². The van der Waals surface area contributed by atoms with E-state index in [-0.39, 0.29) is 11.3 Å². The van der Waals surface area contributed by atoms with E-state index >= 15 is 0 Å². The zero-order valence-electron chi connectivity index (χ0n) is 14.0. The van der Waals surface area contributed by atoms with Gasteiger partial charge in [-0.15, -0.1) is 10.2 Å². The number of amides is 1. The van der Waals surface area contributed by atoms with Gasteiger partial charge in [-0.05, 0) is 30.5 Å². The fraction of sp³-hybridized carbons (Fsp3) is 0.471. The largest absolute Gasteiger partial charge is 0.497 e. The number of rotatable bonds is 7. The van der Waals surface area contributed by atoms with Crippen LogP contribution < -0.4 is 10.1 Å². The molecule has 0 aliphatic heterocycles. The minimum Gasteiger partial charge on any atom is -0.497 e. The van der Waals surface area contributed by atoms with E-state index in [1.165, 1.54) is 11.3 Å². The molecular weight excluding hydrogens is 310 g/mol. The zero-order chi connectivity index (χ0) is 16.9. The number of carbonyl (C=O) groups excluding carboxylic acids is 1. The Morgan fingerprint density at radius 3 is 2.57 bits per heavy atom. The average molecular weight is 333 g/mol. The Hall–Kier alpha value is -1.95. The van der Waals surface area contributed by atoms with Crippen LogP contribution in [0.15, 0.2) is 24.3 Å². The molecule has 0 spiro atoms. The van der Waals surface area contributed by atoms with Gasteiger partial charge in [-0.25, -0.2) is 0 Å². The van der Waals surface area contributed by atoms with Crippen LogP contribution in [0.25, 0.3) is 0 Å². The first-order valence-corrected chi connectivity index (χ1v) is 8.53. The molecule has 0 radical (unpaired) electrons. The lowest BCUT2D eigenvalue weighted by Crippen LogP contribution is -2.14. The lowest BCUT2D eigenvalue weighted by molar-refractivity contribution is -0.116. The first kappa shape index (κ1) is 17.4. The molecule has 6 heteroatoms. The highest BCUT2D eigenvalue weighted by Crippen LogP contribution is 2.31. The molecule has 23 heavy (non-hydrogen) atoms. The van der Waals surface area contributed by atoms with Crippen molar-refractivity contribution < 1.29 is 9.53 Å². The number of hydrogen-bond acceptors (Lipinski definition) is 5. The van der Waals surface area contributed by atoms with Gasteiger partial charge in [0.05, 0.1) is 7.11 Å². The van der Waals surface area contributed by atoms with E-state index < -0.39 is 0 Å². The third kappa shape index (κ3) is 4.76. The molecule has 0 fully saturated rings. The van der Waals surface area contributed by atoms with Crippen LogP contribution in [-0.4, -0.2) is 23.2 Å². The molecule has 5 nitrogen and oxygen atoms in total. The Morgan fingerprint density at radius 2 is 1.96 bits per heavy atom. The van der Waals surface area contributed by atoms with Gasteiger partial charge in [-0.1, -0.05) is 44.2 Å². The second kappa shape index (κ2) is 7.55. The van der Waals surface area contributed by atoms with Crippen LogP contribution in [0.4, 0.5) is 5.13 Å². The van der Waals surface area contributed by atoms with Crippen molar-refractivity contribution in [3.63, 3.8) is 0 Å². The molecule has 1 aromatic heterocycles. The van der Waals surface area contributed by atoms with Gasteiger partial charge in [0.2, 0.25) is 11.0 Å². The molecule has 124 valence electrons. The molecule has 0 unspecified atom stereocenters. The van der Waals surface area contributed by atoms with Gasteiger partial charge in [0.25, 0.3) is 0 Å². The Morgan fingerprint density at radius 1 is 1.26 bits per heavy atom. The van der Waals surface area contributed by atoms with Crippen molar-refractivity contribution in [2.75, 3.05) is 12.4 Å². The summed E-state index contributed by atoms with van der Waals surface area (Å²) in [4.78, 5) is 12.0. The maximum Gasteiger partial charge on any atom is 0.226 e. The number of carbonyl (C=O) groups is 1. The molecule has 1 heterocycles.